The first-order valence-electron chi connectivity index (χ1n) is 4.32. The van der Waals surface area contributed by atoms with Crippen LogP contribution in [0, 0.1) is 0 Å². The minimum Gasteiger partial charge on any atom is -0.0842 e. The molecule has 0 fully saturated rings. The molecule has 0 N–H and O–H groups in total. The smallest absolute Gasteiger partial charge is 0.0313 e. The topological polar surface area (TPSA) is 0 Å². The summed E-state index contributed by atoms with van der Waals surface area (Å²) in [5.41, 5.74) is 0. The first kappa shape index (κ1) is 8.79. The molecule has 0 bridgehead atoms. The van der Waals surface area contributed by atoms with Gasteiger partial charge in [-0.1, -0.05) is 60.8 Å². The van der Waals surface area contributed by atoms with Gasteiger partial charge in [-0.2, -0.15) is 0 Å². The molecule has 62 valence electrons. The molecule has 0 unspecified atom stereocenters. The molecule has 0 radical (unpaired) electrons. The third-order valence-corrected chi connectivity index (χ3v) is 1.55. The van der Waals surface area contributed by atoms with Gasteiger partial charge in [0.05, 0.1) is 0 Å². The highest BCUT2D eigenvalue weighted by atomic mass is 13.8. The van der Waals surface area contributed by atoms with Crippen molar-refractivity contribution in [1.82, 2.24) is 0 Å². The summed E-state index contributed by atoms with van der Waals surface area (Å²) in [6, 6.07) is 0. The highest BCUT2D eigenvalue weighted by molar-refractivity contribution is 5.18. The van der Waals surface area contributed by atoms with Gasteiger partial charge in [-0.25, -0.2) is 0 Å². The lowest BCUT2D eigenvalue weighted by Gasteiger charge is -1.84. The first-order valence-corrected chi connectivity index (χ1v) is 4.32. The second-order valence-electron chi connectivity index (χ2n) is 2.59. The van der Waals surface area contributed by atoms with E-state index >= 15 is 0 Å². The first-order chi connectivity index (χ1) is 6.00. The molecule has 1 aliphatic carbocycles. The van der Waals surface area contributed by atoms with Gasteiger partial charge < -0.3 is 0 Å². The van der Waals surface area contributed by atoms with Crippen LogP contribution in [0.4, 0.5) is 0 Å². The minimum atomic E-state index is 1.12. The highest BCUT2D eigenvalue weighted by Gasteiger charge is 1.74. The van der Waals surface area contributed by atoms with Gasteiger partial charge in [0, 0.05) is 0 Å². The van der Waals surface area contributed by atoms with E-state index in [4.69, 9.17) is 0 Å². The summed E-state index contributed by atoms with van der Waals surface area (Å²) < 4.78 is 0. The van der Waals surface area contributed by atoms with Crippen molar-refractivity contribution >= 4 is 0 Å². The Morgan fingerprint density at radius 2 is 0.750 bits per heavy atom. The number of allylic oxidation sites excluding steroid dienone is 10. The maximum Gasteiger partial charge on any atom is -0.0313 e. The van der Waals surface area contributed by atoms with Gasteiger partial charge in [-0.3, -0.25) is 0 Å². The molecule has 0 saturated carbocycles. The van der Waals surface area contributed by atoms with Gasteiger partial charge in [0.1, 0.15) is 0 Å². The molecule has 12 heavy (non-hydrogen) atoms. The lowest BCUT2D eigenvalue weighted by Crippen LogP contribution is -1.64. The van der Waals surface area contributed by atoms with Crippen LogP contribution in [-0.4, -0.2) is 0 Å². The van der Waals surface area contributed by atoms with E-state index in [-0.39, 0.29) is 0 Å². The molecule has 0 aromatic heterocycles. The Morgan fingerprint density at radius 1 is 0.417 bits per heavy atom. The predicted molar refractivity (Wildman–Crippen MR) is 54.9 cm³/mol. The molecule has 1 aliphatic rings. The van der Waals surface area contributed by atoms with Crippen molar-refractivity contribution in [2.45, 2.75) is 12.8 Å². The molecule has 0 heteroatoms. The van der Waals surface area contributed by atoms with Crippen molar-refractivity contribution in [1.29, 1.82) is 0 Å². The number of hydrogen-bond acceptors (Lipinski definition) is 0. The summed E-state index contributed by atoms with van der Waals surface area (Å²) in [4.78, 5) is 0. The zero-order valence-corrected chi connectivity index (χ0v) is 7.19. The van der Waals surface area contributed by atoms with Crippen LogP contribution in [-0.2, 0) is 0 Å². The molecule has 0 nitrogen and oxygen atoms in total. The Labute approximate surface area is 74.3 Å². The van der Waals surface area contributed by atoms with E-state index < -0.39 is 0 Å². The fourth-order valence-corrected chi connectivity index (χ4v) is 0.927. The van der Waals surface area contributed by atoms with Crippen molar-refractivity contribution in [3.63, 3.8) is 0 Å². The van der Waals surface area contributed by atoms with Crippen molar-refractivity contribution < 1.29 is 0 Å². The average Bonchev–Trinajstić information content (AvgIpc) is 2.05. The minimum absolute atomic E-state index is 1.12. The summed E-state index contributed by atoms with van der Waals surface area (Å²) in [6.07, 6.45) is 23.0. The molecule has 0 heterocycles. The second kappa shape index (κ2) is 6.41. The van der Waals surface area contributed by atoms with E-state index in [0.29, 0.717) is 0 Å². The third kappa shape index (κ3) is 4.51. The molecule has 0 aliphatic heterocycles. The summed E-state index contributed by atoms with van der Waals surface area (Å²) in [6.45, 7) is 0. The average molecular weight is 158 g/mol. The van der Waals surface area contributed by atoms with Crippen molar-refractivity contribution in [2.24, 2.45) is 0 Å². The monoisotopic (exact) mass is 158 g/mol. The van der Waals surface area contributed by atoms with Gasteiger partial charge in [0.2, 0.25) is 0 Å². The van der Waals surface area contributed by atoms with Crippen molar-refractivity contribution in [3.05, 3.63) is 60.8 Å². The summed E-state index contributed by atoms with van der Waals surface area (Å²) in [7, 11) is 0. The molecule has 0 spiro atoms. The van der Waals surface area contributed by atoms with E-state index in [9.17, 15) is 0 Å². The fourth-order valence-electron chi connectivity index (χ4n) is 0.927. The van der Waals surface area contributed by atoms with E-state index in [1.807, 2.05) is 24.3 Å². The van der Waals surface area contributed by atoms with Gasteiger partial charge in [0.15, 0.2) is 0 Å². The lowest BCUT2D eigenvalue weighted by atomic mass is 10.2. The van der Waals surface area contributed by atoms with Gasteiger partial charge in [-0.15, -0.1) is 0 Å². The molecule has 0 saturated heterocycles. The molecule has 1 rings (SSSR count). The number of hydrogen-bond donors (Lipinski definition) is 0. The third-order valence-electron chi connectivity index (χ3n) is 1.55. The Bertz CT molecular complexity index is 211. The number of rotatable bonds is 0. The molecular weight excluding hydrogens is 144 g/mol. The van der Waals surface area contributed by atoms with Crippen LogP contribution in [0.15, 0.2) is 60.8 Å². The summed E-state index contributed by atoms with van der Waals surface area (Å²) in [5.74, 6) is 0. The molecule has 0 aromatic carbocycles. The van der Waals surface area contributed by atoms with Crippen LogP contribution in [0.25, 0.3) is 0 Å². The normalized spacial score (nSPS) is 25.3. The molecule has 0 aromatic rings. The standard InChI is InChI=1S/C12H14/c1-2-4-6-8-10-12-11-9-7-5-3-1/h1-10H,11-12H2/b2-1+,5-3-,6-4-,9-7?,10-8?. The van der Waals surface area contributed by atoms with Crippen LogP contribution in [0.2, 0.25) is 0 Å². The van der Waals surface area contributed by atoms with E-state index in [0.717, 1.165) is 12.8 Å². The fraction of sp³-hybridized carbons (Fsp3) is 0.167. The van der Waals surface area contributed by atoms with Gasteiger partial charge >= 0.3 is 0 Å². The van der Waals surface area contributed by atoms with E-state index in [1.54, 1.807) is 0 Å². The van der Waals surface area contributed by atoms with Crippen LogP contribution >= 0.6 is 0 Å². The van der Waals surface area contributed by atoms with Crippen LogP contribution in [0.1, 0.15) is 12.8 Å². The maximum absolute atomic E-state index is 2.18. The van der Waals surface area contributed by atoms with Crippen LogP contribution < -0.4 is 0 Å². The van der Waals surface area contributed by atoms with Crippen molar-refractivity contribution in [2.75, 3.05) is 0 Å². The quantitative estimate of drug-likeness (QED) is 0.505. The van der Waals surface area contributed by atoms with Crippen LogP contribution in [0.3, 0.4) is 0 Å². The molecular formula is C12H14. The van der Waals surface area contributed by atoms with E-state index in [1.165, 1.54) is 0 Å². The maximum atomic E-state index is 2.18. The van der Waals surface area contributed by atoms with Crippen LogP contribution in [0.5, 0.6) is 0 Å². The highest BCUT2D eigenvalue weighted by Crippen LogP contribution is 1.95. The molecule has 0 amide bonds. The Hall–Kier alpha value is -1.30. The summed E-state index contributed by atoms with van der Waals surface area (Å²) in [5, 5.41) is 0. The Morgan fingerprint density at radius 3 is 1.17 bits per heavy atom. The van der Waals surface area contributed by atoms with Gasteiger partial charge in [0.25, 0.3) is 0 Å². The van der Waals surface area contributed by atoms with Crippen molar-refractivity contribution in [3.8, 4) is 0 Å². The predicted octanol–water partition coefficient (Wildman–Crippen LogP) is 3.56. The Kier molecular flexibility index (Phi) is 4.70. The SMILES string of the molecule is C1=CCCC=C\C=C/C=C/C=C\1. The Balaban J connectivity index is 2.55. The molecule has 0 atom stereocenters. The second-order valence-corrected chi connectivity index (χ2v) is 2.59. The zero-order chi connectivity index (χ0) is 8.49. The van der Waals surface area contributed by atoms with E-state index in [2.05, 4.69) is 36.5 Å². The largest absolute Gasteiger partial charge is 0.0842 e. The van der Waals surface area contributed by atoms with Gasteiger partial charge in [-0.05, 0) is 12.8 Å². The summed E-state index contributed by atoms with van der Waals surface area (Å²) >= 11 is 0. The lowest BCUT2D eigenvalue weighted by molar-refractivity contribution is 1.05. The zero-order valence-electron chi connectivity index (χ0n) is 7.19.